The Morgan fingerprint density at radius 1 is 1.19 bits per heavy atom. The standard InChI is InChI=1S/C11H13ClO4/c12-4-2-1-3-11(15)16-10-6-8(13)5-9(14)7-10/h5-7,13-14H,1-4H2. The average Bonchev–Trinajstić information content (AvgIpc) is 2.16. The van der Waals surface area contributed by atoms with Gasteiger partial charge in [0.1, 0.15) is 17.2 Å². The van der Waals surface area contributed by atoms with Crippen LogP contribution in [0, 0.1) is 0 Å². The summed E-state index contributed by atoms with van der Waals surface area (Å²) in [7, 11) is 0. The number of phenols is 2. The van der Waals surface area contributed by atoms with Crippen molar-refractivity contribution >= 4 is 17.6 Å². The van der Waals surface area contributed by atoms with Gasteiger partial charge in [0.15, 0.2) is 0 Å². The fraction of sp³-hybridized carbons (Fsp3) is 0.364. The number of hydrogen-bond acceptors (Lipinski definition) is 4. The molecule has 0 fully saturated rings. The van der Waals surface area contributed by atoms with Crippen LogP contribution >= 0.6 is 11.6 Å². The first-order valence-corrected chi connectivity index (χ1v) is 5.45. The van der Waals surface area contributed by atoms with E-state index < -0.39 is 5.97 Å². The van der Waals surface area contributed by atoms with Gasteiger partial charge < -0.3 is 14.9 Å². The van der Waals surface area contributed by atoms with E-state index in [2.05, 4.69) is 0 Å². The molecule has 0 spiro atoms. The molecule has 0 heterocycles. The molecule has 16 heavy (non-hydrogen) atoms. The van der Waals surface area contributed by atoms with Gasteiger partial charge in [-0.05, 0) is 12.8 Å². The van der Waals surface area contributed by atoms with Gasteiger partial charge in [-0.2, -0.15) is 0 Å². The Labute approximate surface area is 98.4 Å². The summed E-state index contributed by atoms with van der Waals surface area (Å²) in [5.74, 6) is -0.0594. The van der Waals surface area contributed by atoms with Crippen LogP contribution in [-0.4, -0.2) is 22.1 Å². The lowest BCUT2D eigenvalue weighted by Crippen LogP contribution is -2.07. The van der Waals surface area contributed by atoms with Crippen molar-refractivity contribution < 1.29 is 19.7 Å². The van der Waals surface area contributed by atoms with Crippen molar-refractivity contribution in [3.8, 4) is 17.2 Å². The molecule has 1 aromatic carbocycles. The van der Waals surface area contributed by atoms with E-state index in [-0.39, 0.29) is 23.7 Å². The minimum absolute atomic E-state index is 0.133. The molecule has 1 rings (SSSR count). The van der Waals surface area contributed by atoms with Crippen LogP contribution in [0.1, 0.15) is 19.3 Å². The van der Waals surface area contributed by atoms with Gasteiger partial charge in [0.2, 0.25) is 0 Å². The van der Waals surface area contributed by atoms with Gasteiger partial charge >= 0.3 is 5.97 Å². The number of rotatable bonds is 5. The Morgan fingerprint density at radius 3 is 2.38 bits per heavy atom. The number of unbranched alkanes of at least 4 members (excludes halogenated alkanes) is 1. The minimum atomic E-state index is -0.407. The smallest absolute Gasteiger partial charge is 0.311 e. The number of carbonyl (C=O) groups is 1. The summed E-state index contributed by atoms with van der Waals surface area (Å²) in [6.07, 6.45) is 1.68. The van der Waals surface area contributed by atoms with E-state index in [0.717, 1.165) is 12.5 Å². The zero-order valence-electron chi connectivity index (χ0n) is 8.65. The first-order chi connectivity index (χ1) is 7.61. The van der Waals surface area contributed by atoms with Crippen LogP contribution < -0.4 is 4.74 Å². The summed E-state index contributed by atoms with van der Waals surface area (Å²) < 4.78 is 4.92. The molecule has 0 radical (unpaired) electrons. The zero-order valence-corrected chi connectivity index (χ0v) is 9.41. The van der Waals surface area contributed by atoms with Crippen LogP contribution in [0.3, 0.4) is 0 Å². The van der Waals surface area contributed by atoms with Gasteiger partial charge in [0.25, 0.3) is 0 Å². The van der Waals surface area contributed by atoms with Gasteiger partial charge in [0, 0.05) is 30.5 Å². The SMILES string of the molecule is O=C(CCCCCl)Oc1cc(O)cc(O)c1. The molecule has 88 valence electrons. The van der Waals surface area contributed by atoms with Gasteiger partial charge in [0.05, 0.1) is 0 Å². The third-order valence-corrected chi connectivity index (χ3v) is 2.14. The summed E-state index contributed by atoms with van der Waals surface area (Å²) in [6, 6.07) is 3.68. The van der Waals surface area contributed by atoms with Crippen molar-refractivity contribution in [3.63, 3.8) is 0 Å². The molecule has 0 saturated carbocycles. The Bertz CT molecular complexity index is 345. The number of esters is 1. The van der Waals surface area contributed by atoms with Crippen LogP contribution in [0.4, 0.5) is 0 Å². The first kappa shape index (κ1) is 12.6. The molecule has 0 amide bonds. The van der Waals surface area contributed by atoms with Crippen molar-refractivity contribution in [2.45, 2.75) is 19.3 Å². The number of carbonyl (C=O) groups excluding carboxylic acids is 1. The van der Waals surface area contributed by atoms with E-state index in [0.29, 0.717) is 12.3 Å². The topological polar surface area (TPSA) is 66.8 Å². The maximum Gasteiger partial charge on any atom is 0.311 e. The molecule has 0 aliphatic rings. The summed E-state index contributed by atoms with van der Waals surface area (Å²) in [5, 5.41) is 18.3. The summed E-state index contributed by atoms with van der Waals surface area (Å²) in [6.45, 7) is 0. The lowest BCUT2D eigenvalue weighted by atomic mass is 10.2. The Kier molecular flexibility index (Phi) is 4.92. The molecule has 0 aromatic heterocycles. The largest absolute Gasteiger partial charge is 0.508 e. The molecule has 0 aliphatic heterocycles. The Balaban J connectivity index is 2.49. The molecule has 0 saturated heterocycles. The fourth-order valence-electron chi connectivity index (χ4n) is 1.17. The van der Waals surface area contributed by atoms with Crippen LogP contribution in [0.2, 0.25) is 0 Å². The van der Waals surface area contributed by atoms with Crippen molar-refractivity contribution in [2.24, 2.45) is 0 Å². The highest BCUT2D eigenvalue weighted by molar-refractivity contribution is 6.17. The Morgan fingerprint density at radius 2 is 1.81 bits per heavy atom. The van der Waals surface area contributed by atoms with Crippen LogP contribution in [-0.2, 0) is 4.79 Å². The van der Waals surface area contributed by atoms with Gasteiger partial charge in [-0.15, -0.1) is 11.6 Å². The molecule has 0 aliphatic carbocycles. The number of halogens is 1. The lowest BCUT2D eigenvalue weighted by molar-refractivity contribution is -0.134. The Hall–Kier alpha value is -1.42. The third kappa shape index (κ3) is 4.40. The molecular formula is C11H13ClO4. The van der Waals surface area contributed by atoms with Gasteiger partial charge in [-0.25, -0.2) is 0 Å². The monoisotopic (exact) mass is 244 g/mol. The fourth-order valence-corrected chi connectivity index (χ4v) is 1.36. The van der Waals surface area contributed by atoms with E-state index in [1.807, 2.05) is 0 Å². The van der Waals surface area contributed by atoms with Crippen molar-refractivity contribution in [2.75, 3.05) is 5.88 Å². The minimum Gasteiger partial charge on any atom is -0.508 e. The zero-order chi connectivity index (χ0) is 12.0. The van der Waals surface area contributed by atoms with E-state index in [1.165, 1.54) is 12.1 Å². The maximum absolute atomic E-state index is 11.3. The van der Waals surface area contributed by atoms with Crippen LogP contribution in [0.5, 0.6) is 17.2 Å². The number of alkyl halides is 1. The maximum atomic E-state index is 11.3. The predicted molar refractivity (Wildman–Crippen MR) is 60.0 cm³/mol. The first-order valence-electron chi connectivity index (χ1n) is 4.91. The van der Waals surface area contributed by atoms with Crippen LogP contribution in [0.15, 0.2) is 18.2 Å². The van der Waals surface area contributed by atoms with E-state index >= 15 is 0 Å². The highest BCUT2D eigenvalue weighted by Gasteiger charge is 2.06. The second-order valence-corrected chi connectivity index (χ2v) is 3.68. The molecule has 1 aromatic rings. The summed E-state index contributed by atoms with van der Waals surface area (Å²) in [4.78, 5) is 11.3. The lowest BCUT2D eigenvalue weighted by Gasteiger charge is -2.05. The highest BCUT2D eigenvalue weighted by atomic mass is 35.5. The molecule has 0 unspecified atom stereocenters. The second kappa shape index (κ2) is 6.23. The number of benzene rings is 1. The molecule has 5 heteroatoms. The van der Waals surface area contributed by atoms with Crippen LogP contribution in [0.25, 0.3) is 0 Å². The summed E-state index contributed by atoms with van der Waals surface area (Å²) >= 11 is 5.47. The normalized spacial score (nSPS) is 10.1. The quantitative estimate of drug-likeness (QED) is 0.361. The molecule has 4 nitrogen and oxygen atoms in total. The molecule has 0 atom stereocenters. The summed E-state index contributed by atoms with van der Waals surface area (Å²) in [5.41, 5.74) is 0. The number of ether oxygens (including phenoxy) is 1. The van der Waals surface area contributed by atoms with E-state index in [9.17, 15) is 4.79 Å². The van der Waals surface area contributed by atoms with Gasteiger partial charge in [-0.3, -0.25) is 4.79 Å². The molecule has 2 N–H and O–H groups in total. The van der Waals surface area contributed by atoms with Crippen molar-refractivity contribution in [1.29, 1.82) is 0 Å². The van der Waals surface area contributed by atoms with E-state index in [4.69, 9.17) is 26.6 Å². The highest BCUT2D eigenvalue weighted by Crippen LogP contribution is 2.25. The van der Waals surface area contributed by atoms with Crippen molar-refractivity contribution in [3.05, 3.63) is 18.2 Å². The third-order valence-electron chi connectivity index (χ3n) is 1.87. The number of aromatic hydroxyl groups is 2. The average molecular weight is 245 g/mol. The number of hydrogen-bond donors (Lipinski definition) is 2. The molecular weight excluding hydrogens is 232 g/mol. The van der Waals surface area contributed by atoms with E-state index in [1.54, 1.807) is 0 Å². The van der Waals surface area contributed by atoms with Crippen molar-refractivity contribution in [1.82, 2.24) is 0 Å². The van der Waals surface area contributed by atoms with Gasteiger partial charge in [-0.1, -0.05) is 0 Å². The number of phenolic OH excluding ortho intramolecular Hbond substituents is 2. The second-order valence-electron chi connectivity index (χ2n) is 3.31. The predicted octanol–water partition coefficient (Wildman–Crippen LogP) is 2.41. The molecule has 0 bridgehead atoms.